The number of benzene rings is 2. The van der Waals surface area contributed by atoms with Gasteiger partial charge in [-0.25, -0.2) is 23.5 Å². The molecule has 220 valence electrons. The van der Waals surface area contributed by atoms with Crippen LogP contribution in [0.15, 0.2) is 53.3 Å². The van der Waals surface area contributed by atoms with Crippen LogP contribution in [0.5, 0.6) is 11.5 Å². The van der Waals surface area contributed by atoms with E-state index in [2.05, 4.69) is 4.98 Å². The van der Waals surface area contributed by atoms with Gasteiger partial charge in [0.15, 0.2) is 10.3 Å². The number of aromatic nitrogens is 3. The molecular weight excluding hydrogens is 566 g/mol. The van der Waals surface area contributed by atoms with Gasteiger partial charge in [-0.05, 0) is 30.5 Å². The van der Waals surface area contributed by atoms with E-state index in [-0.39, 0.29) is 37.6 Å². The van der Waals surface area contributed by atoms with Crippen molar-refractivity contribution < 1.29 is 27.8 Å². The van der Waals surface area contributed by atoms with Crippen LogP contribution in [0.4, 0.5) is 13.6 Å². The summed E-state index contributed by atoms with van der Waals surface area (Å²) in [4.78, 5) is 38.3. The minimum atomic E-state index is -2.79. The minimum Gasteiger partial charge on any atom is -0.497 e. The maximum atomic E-state index is 13.9. The fourth-order valence-electron chi connectivity index (χ4n) is 5.59. The van der Waals surface area contributed by atoms with Crippen LogP contribution in [-0.2, 0) is 17.9 Å². The van der Waals surface area contributed by atoms with Crippen LogP contribution in [0.25, 0.3) is 10.3 Å². The van der Waals surface area contributed by atoms with E-state index in [1.807, 2.05) is 30.3 Å². The highest BCUT2D eigenvalue weighted by atomic mass is 32.1. The van der Waals surface area contributed by atoms with Crippen molar-refractivity contribution in [1.82, 2.24) is 19.4 Å². The van der Waals surface area contributed by atoms with Gasteiger partial charge in [0.2, 0.25) is 5.92 Å². The zero-order chi connectivity index (χ0) is 29.4. The molecule has 12 heteroatoms. The molecule has 1 aliphatic heterocycles. The monoisotopic (exact) mass is 596 g/mol. The van der Waals surface area contributed by atoms with Gasteiger partial charge < -0.3 is 14.2 Å². The molecule has 3 heterocycles. The highest BCUT2D eigenvalue weighted by Gasteiger charge is 2.48. The Hall–Kier alpha value is -4.06. The summed E-state index contributed by atoms with van der Waals surface area (Å²) in [6.45, 7) is 0.728. The summed E-state index contributed by atoms with van der Waals surface area (Å²) in [7, 11) is 3.06. The Balaban J connectivity index is 1.33. The third kappa shape index (κ3) is 5.42. The number of carbonyl (C=O) groups is 1. The molecule has 9 nitrogen and oxygen atoms in total. The Morgan fingerprint density at radius 3 is 2.60 bits per heavy atom. The topological polar surface area (TPSA) is 95.8 Å². The molecule has 1 amide bonds. The van der Waals surface area contributed by atoms with Gasteiger partial charge in [-0.15, -0.1) is 0 Å². The highest BCUT2D eigenvalue weighted by molar-refractivity contribution is 7.18. The van der Waals surface area contributed by atoms with E-state index in [4.69, 9.17) is 19.2 Å². The average Bonchev–Trinajstić information content (AvgIpc) is 3.64. The summed E-state index contributed by atoms with van der Waals surface area (Å²) in [5.41, 5.74) is 1.30. The predicted octanol–water partition coefficient (Wildman–Crippen LogP) is 5.90. The molecule has 2 aliphatic rings. The molecule has 0 radical (unpaired) electrons. The first-order valence-corrected chi connectivity index (χ1v) is 14.5. The summed E-state index contributed by atoms with van der Waals surface area (Å²) in [5, 5.41) is 0.577. The average molecular weight is 597 g/mol. The quantitative estimate of drug-likeness (QED) is 0.250. The molecule has 2 fully saturated rings. The molecule has 6 rings (SSSR count). The molecule has 0 bridgehead atoms. The maximum absolute atomic E-state index is 13.9. The Kier molecular flexibility index (Phi) is 7.56. The number of methoxy groups -OCH3 is 2. The lowest BCUT2D eigenvalue weighted by atomic mass is 9.80. The molecular formula is C30H30F2N4O5S. The number of thiazole rings is 1. The molecule has 0 spiro atoms. The van der Waals surface area contributed by atoms with Crippen LogP contribution >= 0.6 is 11.3 Å². The van der Waals surface area contributed by atoms with Crippen molar-refractivity contribution in [3.63, 3.8) is 0 Å². The second kappa shape index (κ2) is 11.3. The molecule has 1 aliphatic carbocycles. The van der Waals surface area contributed by atoms with Crippen LogP contribution in [0, 0.1) is 0 Å². The first kappa shape index (κ1) is 28.1. The number of amides is 1. The fraction of sp³-hybridized carbons (Fsp3) is 0.400. The number of likely N-dealkylation sites (tertiary alicyclic amines) is 1. The van der Waals surface area contributed by atoms with Gasteiger partial charge in [-0.2, -0.15) is 0 Å². The summed E-state index contributed by atoms with van der Waals surface area (Å²) in [5.74, 6) is -1.97. The number of carbonyl (C=O) groups excluding carboxylic acids is 1. The van der Waals surface area contributed by atoms with Crippen molar-refractivity contribution in [3.8, 4) is 11.5 Å². The van der Waals surface area contributed by atoms with Gasteiger partial charge in [0.05, 0.1) is 26.8 Å². The molecule has 1 unspecified atom stereocenters. The van der Waals surface area contributed by atoms with Crippen molar-refractivity contribution in [2.45, 2.75) is 56.7 Å². The third-order valence-corrected chi connectivity index (χ3v) is 8.87. The van der Waals surface area contributed by atoms with Crippen LogP contribution in [0.3, 0.4) is 0 Å². The first-order valence-electron chi connectivity index (χ1n) is 13.7. The van der Waals surface area contributed by atoms with E-state index >= 15 is 0 Å². The van der Waals surface area contributed by atoms with Gasteiger partial charge in [-0.1, -0.05) is 41.7 Å². The standard InChI is InChI=1S/C30H30F2N4O5S/c1-39-21-11-10-19(23(13-21)40-2)16-36-25(20-14-30(31,32)15-20)34-27-24(28(36)37)33-26(42-27)22-9-6-12-35(22)29(38)41-17-18-7-4-3-5-8-18/h3-5,7-8,10-11,13,20,22H,6,9,12,14-17H2,1-2H3. The molecule has 42 heavy (non-hydrogen) atoms. The van der Waals surface area contributed by atoms with E-state index in [0.29, 0.717) is 45.7 Å². The van der Waals surface area contributed by atoms with Crippen LogP contribution < -0.4 is 15.0 Å². The number of hydrogen-bond acceptors (Lipinski definition) is 8. The predicted molar refractivity (Wildman–Crippen MR) is 153 cm³/mol. The Labute approximate surface area is 244 Å². The normalized spacial score (nSPS) is 18.2. The highest BCUT2D eigenvalue weighted by Crippen LogP contribution is 2.48. The zero-order valence-electron chi connectivity index (χ0n) is 23.2. The second-order valence-electron chi connectivity index (χ2n) is 10.6. The van der Waals surface area contributed by atoms with Crippen molar-refractivity contribution in [2.24, 2.45) is 0 Å². The summed E-state index contributed by atoms with van der Waals surface area (Å²) < 4.78 is 45.7. The SMILES string of the molecule is COc1ccc(Cn2c(C3CC(F)(F)C3)nc3sc(C4CCCN4C(=O)OCc4ccccc4)nc3c2=O)c(OC)c1. The molecule has 4 aromatic rings. The number of hydrogen-bond donors (Lipinski definition) is 0. The number of ether oxygens (including phenoxy) is 3. The van der Waals surface area contributed by atoms with Crippen molar-refractivity contribution >= 4 is 27.8 Å². The third-order valence-electron chi connectivity index (χ3n) is 7.82. The number of fused-ring (bicyclic) bond motifs is 1. The lowest BCUT2D eigenvalue weighted by molar-refractivity contribution is -0.0892. The van der Waals surface area contributed by atoms with Gasteiger partial charge in [0.25, 0.3) is 5.56 Å². The summed E-state index contributed by atoms with van der Waals surface area (Å²) >= 11 is 1.22. The van der Waals surface area contributed by atoms with Gasteiger partial charge >= 0.3 is 6.09 Å². The first-order chi connectivity index (χ1) is 20.3. The fourth-order valence-corrected chi connectivity index (χ4v) is 6.67. The molecule has 2 aromatic carbocycles. The Morgan fingerprint density at radius 2 is 1.88 bits per heavy atom. The van der Waals surface area contributed by atoms with E-state index < -0.39 is 23.5 Å². The van der Waals surface area contributed by atoms with Crippen LogP contribution in [0.1, 0.15) is 59.6 Å². The molecule has 2 aromatic heterocycles. The van der Waals surface area contributed by atoms with Crippen LogP contribution in [-0.4, -0.2) is 52.2 Å². The number of halogens is 2. The molecule has 1 saturated carbocycles. The van der Waals surface area contributed by atoms with Crippen molar-refractivity contribution in [3.05, 3.63) is 80.8 Å². The largest absolute Gasteiger partial charge is 0.497 e. The number of alkyl halides is 2. The van der Waals surface area contributed by atoms with Crippen LogP contribution in [0.2, 0.25) is 0 Å². The van der Waals surface area contributed by atoms with Gasteiger partial charge in [0.1, 0.15) is 28.9 Å². The number of rotatable bonds is 8. The molecule has 0 N–H and O–H groups in total. The Morgan fingerprint density at radius 1 is 1.10 bits per heavy atom. The van der Waals surface area contributed by atoms with E-state index in [1.165, 1.54) is 23.0 Å². The van der Waals surface area contributed by atoms with Gasteiger partial charge in [-0.3, -0.25) is 14.3 Å². The van der Waals surface area contributed by atoms with Crippen molar-refractivity contribution in [1.29, 1.82) is 0 Å². The lowest BCUT2D eigenvalue weighted by Gasteiger charge is -2.35. The lowest BCUT2D eigenvalue weighted by Crippen LogP contribution is -2.38. The smallest absolute Gasteiger partial charge is 0.410 e. The number of nitrogens with zero attached hydrogens (tertiary/aromatic N) is 4. The van der Waals surface area contributed by atoms with Crippen molar-refractivity contribution in [2.75, 3.05) is 20.8 Å². The zero-order valence-corrected chi connectivity index (χ0v) is 24.0. The van der Waals surface area contributed by atoms with E-state index in [1.54, 1.807) is 30.2 Å². The Bertz CT molecular complexity index is 1670. The molecule has 1 saturated heterocycles. The second-order valence-corrected chi connectivity index (χ2v) is 11.6. The minimum absolute atomic E-state index is 0.0700. The summed E-state index contributed by atoms with van der Waals surface area (Å²) in [6.07, 6.45) is 0.229. The van der Waals surface area contributed by atoms with E-state index in [9.17, 15) is 18.4 Å². The van der Waals surface area contributed by atoms with Gasteiger partial charge in [0, 0.05) is 36.9 Å². The molecule has 1 atom stereocenters. The van der Waals surface area contributed by atoms with E-state index in [0.717, 1.165) is 12.0 Å². The summed E-state index contributed by atoms with van der Waals surface area (Å²) in [6, 6.07) is 14.3. The maximum Gasteiger partial charge on any atom is 0.410 e.